The summed E-state index contributed by atoms with van der Waals surface area (Å²) in [6, 6.07) is 10.4. The van der Waals surface area contributed by atoms with Crippen molar-refractivity contribution in [2.75, 3.05) is 0 Å². The van der Waals surface area contributed by atoms with Crippen molar-refractivity contribution in [3.05, 3.63) is 80.9 Å². The van der Waals surface area contributed by atoms with E-state index in [-0.39, 0.29) is 35.3 Å². The molecule has 182 valence electrons. The number of carbonyl (C=O) groups is 4. The van der Waals surface area contributed by atoms with E-state index in [0.29, 0.717) is 68.5 Å². The van der Waals surface area contributed by atoms with Gasteiger partial charge in [-0.25, -0.2) is 0 Å². The van der Waals surface area contributed by atoms with E-state index >= 15 is 0 Å². The first-order chi connectivity index (χ1) is 17.2. The normalized spacial score (nSPS) is 27.6. The van der Waals surface area contributed by atoms with Crippen LogP contribution in [0, 0.1) is 0 Å². The molecule has 0 N–H and O–H groups in total. The topological polar surface area (TPSA) is 86.7 Å². The van der Waals surface area contributed by atoms with E-state index in [1.807, 2.05) is 27.7 Å². The van der Waals surface area contributed by atoms with Crippen molar-refractivity contribution >= 4 is 23.1 Å². The predicted molar refractivity (Wildman–Crippen MR) is 133 cm³/mol. The standard InChI is InChI=1S/C30H26O6/c1-13-9-23-25(15(3)35-13)29(33)19-7-5-17(11-21(19)27(23)31)18-6-8-20-22(12-18)28(32)24-10-14(2)36-16(4)26(24)30(20)34/h5-8,11-16H,9-10H2,1-4H3/t13-,14-,15-,16-/m0/s1. The molecule has 2 aromatic rings. The zero-order chi connectivity index (χ0) is 25.5. The minimum atomic E-state index is -0.424. The molecular weight excluding hydrogens is 456 g/mol. The molecule has 0 aromatic heterocycles. The highest BCUT2D eigenvalue weighted by molar-refractivity contribution is 6.29. The molecule has 6 rings (SSSR count). The third kappa shape index (κ3) is 3.25. The average Bonchev–Trinajstić information content (AvgIpc) is 2.84. The SMILES string of the molecule is C[C@@H]1O[C@@H](C)CC2=C1C(=O)c1ccc(-c3ccc4c(c3)C(=O)C3=C(C4=O)[C@H](C)O[C@@H](C)C3)cc1C2=O. The molecule has 4 atom stereocenters. The van der Waals surface area contributed by atoms with Crippen molar-refractivity contribution in [2.45, 2.75) is 65.0 Å². The van der Waals surface area contributed by atoms with Crippen LogP contribution in [0.15, 0.2) is 58.7 Å². The predicted octanol–water partition coefficient (Wildman–Crippen LogP) is 5.10. The van der Waals surface area contributed by atoms with Crippen LogP contribution in [0.3, 0.4) is 0 Å². The molecule has 0 amide bonds. The van der Waals surface area contributed by atoms with Crippen LogP contribution in [0.2, 0.25) is 0 Å². The van der Waals surface area contributed by atoms with Crippen LogP contribution in [-0.2, 0) is 9.47 Å². The molecule has 4 aliphatic rings. The van der Waals surface area contributed by atoms with Gasteiger partial charge in [-0.1, -0.05) is 12.1 Å². The van der Waals surface area contributed by atoms with E-state index in [1.54, 1.807) is 36.4 Å². The molecule has 0 radical (unpaired) electrons. The Kier molecular flexibility index (Phi) is 5.11. The first-order valence-corrected chi connectivity index (χ1v) is 12.4. The van der Waals surface area contributed by atoms with Crippen LogP contribution in [0.1, 0.15) is 82.0 Å². The number of ketones is 4. The van der Waals surface area contributed by atoms with E-state index in [4.69, 9.17) is 9.47 Å². The van der Waals surface area contributed by atoms with Crippen LogP contribution < -0.4 is 0 Å². The molecule has 2 aromatic carbocycles. The highest BCUT2D eigenvalue weighted by atomic mass is 16.5. The Morgan fingerprint density at radius 2 is 0.944 bits per heavy atom. The largest absolute Gasteiger partial charge is 0.370 e. The van der Waals surface area contributed by atoms with Crippen molar-refractivity contribution in [1.29, 1.82) is 0 Å². The minimum absolute atomic E-state index is 0.140. The number of carbonyl (C=O) groups excluding carboxylic acids is 4. The molecule has 36 heavy (non-hydrogen) atoms. The molecule has 6 nitrogen and oxygen atoms in total. The van der Waals surface area contributed by atoms with E-state index in [0.717, 1.165) is 0 Å². The number of rotatable bonds is 1. The first-order valence-electron chi connectivity index (χ1n) is 12.4. The van der Waals surface area contributed by atoms with Crippen molar-refractivity contribution in [2.24, 2.45) is 0 Å². The van der Waals surface area contributed by atoms with Gasteiger partial charge in [0.25, 0.3) is 0 Å². The second kappa shape index (κ2) is 8.02. The Balaban J connectivity index is 1.41. The summed E-state index contributed by atoms with van der Waals surface area (Å²) in [5.41, 5.74) is 4.89. The van der Waals surface area contributed by atoms with E-state index in [1.165, 1.54) is 0 Å². The molecule has 0 bridgehead atoms. The highest BCUT2D eigenvalue weighted by Crippen LogP contribution is 2.39. The lowest BCUT2D eigenvalue weighted by Gasteiger charge is -2.33. The molecule has 0 saturated heterocycles. The Labute approximate surface area is 209 Å². The third-order valence-corrected chi connectivity index (χ3v) is 7.71. The Bertz CT molecular complexity index is 1360. The molecule has 0 saturated carbocycles. The summed E-state index contributed by atoms with van der Waals surface area (Å²) in [6.07, 6.45) is -0.319. The minimum Gasteiger partial charge on any atom is -0.370 e. The van der Waals surface area contributed by atoms with Gasteiger partial charge < -0.3 is 9.47 Å². The van der Waals surface area contributed by atoms with Gasteiger partial charge in [-0.15, -0.1) is 0 Å². The fourth-order valence-electron chi connectivity index (χ4n) is 6.12. The molecule has 0 unspecified atom stereocenters. The number of benzene rings is 2. The summed E-state index contributed by atoms with van der Waals surface area (Å²) in [6.45, 7) is 7.41. The van der Waals surface area contributed by atoms with Gasteiger partial charge in [-0.05, 0) is 63.1 Å². The van der Waals surface area contributed by atoms with Crippen LogP contribution in [0.4, 0.5) is 0 Å². The lowest BCUT2D eigenvalue weighted by Crippen LogP contribution is -2.36. The third-order valence-electron chi connectivity index (χ3n) is 7.71. The number of fused-ring (bicyclic) bond motifs is 2. The molecule has 2 heterocycles. The maximum Gasteiger partial charge on any atom is 0.192 e. The fraction of sp³-hybridized carbons (Fsp3) is 0.333. The number of Topliss-reactive ketones (excluding diaryl/α,β-unsaturated/α-hetero) is 4. The van der Waals surface area contributed by atoms with Gasteiger partial charge in [0.2, 0.25) is 0 Å². The lowest BCUT2D eigenvalue weighted by molar-refractivity contribution is 0.0146. The van der Waals surface area contributed by atoms with E-state index in [9.17, 15) is 19.2 Å². The maximum absolute atomic E-state index is 13.4. The monoisotopic (exact) mass is 482 g/mol. The molecule has 6 heteroatoms. The molecule has 2 aliphatic heterocycles. The fourth-order valence-corrected chi connectivity index (χ4v) is 6.12. The quantitative estimate of drug-likeness (QED) is 0.562. The Morgan fingerprint density at radius 1 is 0.556 bits per heavy atom. The van der Waals surface area contributed by atoms with Crippen molar-refractivity contribution in [3.63, 3.8) is 0 Å². The van der Waals surface area contributed by atoms with Crippen LogP contribution in [0.25, 0.3) is 11.1 Å². The molecule has 0 fully saturated rings. The summed E-state index contributed by atoms with van der Waals surface area (Å²) in [5.74, 6) is -0.627. The zero-order valence-electron chi connectivity index (χ0n) is 20.6. The van der Waals surface area contributed by atoms with Gasteiger partial charge in [0.15, 0.2) is 23.1 Å². The molecule has 0 spiro atoms. The summed E-state index contributed by atoms with van der Waals surface area (Å²) in [7, 11) is 0. The number of hydrogen-bond donors (Lipinski definition) is 0. The molecule has 2 aliphatic carbocycles. The van der Waals surface area contributed by atoms with Gasteiger partial charge in [0.1, 0.15) is 0 Å². The smallest absolute Gasteiger partial charge is 0.192 e. The summed E-state index contributed by atoms with van der Waals surface area (Å²) in [4.78, 5) is 53.3. The number of hydrogen-bond acceptors (Lipinski definition) is 6. The van der Waals surface area contributed by atoms with E-state index in [2.05, 4.69) is 0 Å². The number of ether oxygens (including phenoxy) is 2. The zero-order valence-corrected chi connectivity index (χ0v) is 20.6. The summed E-state index contributed by atoms with van der Waals surface area (Å²) < 4.78 is 11.6. The summed E-state index contributed by atoms with van der Waals surface area (Å²) in [5, 5.41) is 0. The van der Waals surface area contributed by atoms with Crippen molar-refractivity contribution in [3.8, 4) is 11.1 Å². The first kappa shape index (κ1) is 23.0. The van der Waals surface area contributed by atoms with Gasteiger partial charge >= 0.3 is 0 Å². The van der Waals surface area contributed by atoms with Gasteiger partial charge in [-0.2, -0.15) is 0 Å². The Hall–Kier alpha value is -3.48. The van der Waals surface area contributed by atoms with Crippen LogP contribution in [-0.4, -0.2) is 47.5 Å². The lowest BCUT2D eigenvalue weighted by atomic mass is 9.77. The Morgan fingerprint density at radius 3 is 1.33 bits per heavy atom. The van der Waals surface area contributed by atoms with E-state index < -0.39 is 12.2 Å². The second-order valence-electron chi connectivity index (χ2n) is 10.2. The van der Waals surface area contributed by atoms with Crippen molar-refractivity contribution in [1.82, 2.24) is 0 Å². The average molecular weight is 483 g/mol. The second-order valence-corrected chi connectivity index (χ2v) is 10.2. The maximum atomic E-state index is 13.4. The summed E-state index contributed by atoms with van der Waals surface area (Å²) >= 11 is 0. The molecular formula is C30H26O6. The van der Waals surface area contributed by atoms with Crippen molar-refractivity contribution < 1.29 is 28.7 Å². The van der Waals surface area contributed by atoms with Crippen LogP contribution in [0.5, 0.6) is 0 Å². The highest BCUT2D eigenvalue weighted by Gasteiger charge is 2.40. The van der Waals surface area contributed by atoms with Gasteiger partial charge in [0.05, 0.1) is 24.4 Å². The van der Waals surface area contributed by atoms with Gasteiger partial charge in [0, 0.05) is 57.4 Å². The van der Waals surface area contributed by atoms with Gasteiger partial charge in [-0.3, -0.25) is 19.2 Å². The van der Waals surface area contributed by atoms with Crippen LogP contribution >= 0.6 is 0 Å².